The Balaban J connectivity index is 2.47. The first-order chi connectivity index (χ1) is 9.75. The predicted octanol–water partition coefficient (Wildman–Crippen LogP) is 2.43. The first-order valence-electron chi connectivity index (χ1n) is 6.54. The van der Waals surface area contributed by atoms with Crippen molar-refractivity contribution in [3.05, 3.63) is 23.4 Å². The van der Waals surface area contributed by atoms with Gasteiger partial charge >= 0.3 is 6.18 Å². The Kier molecular flexibility index (Phi) is 3.97. The number of hydrogen-bond donors (Lipinski definition) is 2. The molecule has 0 spiro atoms. The maximum absolute atomic E-state index is 12.8. The summed E-state index contributed by atoms with van der Waals surface area (Å²) in [6.45, 7) is 1.93. The number of oxime groups is 1. The summed E-state index contributed by atoms with van der Waals surface area (Å²) >= 11 is 0. The molecule has 1 aliphatic carbocycles. The van der Waals surface area contributed by atoms with Crippen molar-refractivity contribution in [2.45, 2.75) is 32.0 Å². The van der Waals surface area contributed by atoms with Gasteiger partial charge < -0.3 is 15.8 Å². The highest BCUT2D eigenvalue weighted by atomic mass is 19.4. The lowest BCUT2D eigenvalue weighted by atomic mass is 10.1. The molecule has 5 nitrogen and oxygen atoms in total. The molecular weight excluding hydrogens is 285 g/mol. The average Bonchev–Trinajstić information content (AvgIpc) is 3.27. The SMILES string of the molecule is CC(C1CC1)N(C)c1nc(C(F)(F)F)ccc1C(N)=NO. The number of pyridine rings is 1. The monoisotopic (exact) mass is 302 g/mol. The van der Waals surface area contributed by atoms with E-state index in [1.165, 1.54) is 6.07 Å². The second-order valence-electron chi connectivity index (χ2n) is 5.24. The summed E-state index contributed by atoms with van der Waals surface area (Å²) < 4.78 is 38.5. The number of anilines is 1. The molecule has 0 amide bonds. The van der Waals surface area contributed by atoms with Crippen molar-refractivity contribution in [3.63, 3.8) is 0 Å². The Morgan fingerprint density at radius 3 is 2.57 bits per heavy atom. The van der Waals surface area contributed by atoms with E-state index >= 15 is 0 Å². The van der Waals surface area contributed by atoms with E-state index in [4.69, 9.17) is 10.9 Å². The van der Waals surface area contributed by atoms with Crippen molar-refractivity contribution in [2.75, 3.05) is 11.9 Å². The van der Waals surface area contributed by atoms with Crippen LogP contribution in [0.1, 0.15) is 31.0 Å². The van der Waals surface area contributed by atoms with Gasteiger partial charge in [0.1, 0.15) is 11.5 Å². The lowest BCUT2D eigenvalue weighted by Gasteiger charge is -2.28. The summed E-state index contributed by atoms with van der Waals surface area (Å²) in [5.74, 6) is 0.243. The van der Waals surface area contributed by atoms with Gasteiger partial charge in [0.25, 0.3) is 0 Å². The van der Waals surface area contributed by atoms with Gasteiger partial charge in [-0.2, -0.15) is 13.2 Å². The third-order valence-corrected chi connectivity index (χ3v) is 3.80. The Morgan fingerprint density at radius 2 is 2.10 bits per heavy atom. The molecule has 1 saturated carbocycles. The van der Waals surface area contributed by atoms with E-state index in [2.05, 4.69) is 10.1 Å². The molecule has 0 saturated heterocycles. The summed E-state index contributed by atoms with van der Waals surface area (Å²) in [5.41, 5.74) is 4.72. The van der Waals surface area contributed by atoms with Crippen molar-refractivity contribution in [2.24, 2.45) is 16.8 Å². The van der Waals surface area contributed by atoms with E-state index in [-0.39, 0.29) is 23.3 Å². The molecular formula is C13H17F3N4O. The molecule has 0 radical (unpaired) electrons. The molecule has 2 rings (SSSR count). The minimum absolute atomic E-state index is 0.0335. The van der Waals surface area contributed by atoms with Gasteiger partial charge in [-0.1, -0.05) is 5.16 Å². The Hall–Kier alpha value is -1.99. The van der Waals surface area contributed by atoms with Gasteiger partial charge in [-0.05, 0) is 37.8 Å². The molecule has 3 N–H and O–H groups in total. The van der Waals surface area contributed by atoms with Crippen LogP contribution in [0.3, 0.4) is 0 Å². The molecule has 1 aromatic heterocycles. The average molecular weight is 302 g/mol. The number of alkyl halides is 3. The second-order valence-corrected chi connectivity index (χ2v) is 5.24. The third-order valence-electron chi connectivity index (χ3n) is 3.80. The lowest BCUT2D eigenvalue weighted by molar-refractivity contribution is -0.141. The van der Waals surface area contributed by atoms with Crippen LogP contribution in [-0.4, -0.2) is 29.1 Å². The number of halogens is 3. The van der Waals surface area contributed by atoms with Crippen LogP contribution in [0.2, 0.25) is 0 Å². The third kappa shape index (κ3) is 3.20. The second kappa shape index (κ2) is 5.42. The molecule has 8 heteroatoms. The van der Waals surface area contributed by atoms with E-state index in [1.54, 1.807) is 11.9 Å². The van der Waals surface area contributed by atoms with Gasteiger partial charge in [0.15, 0.2) is 5.84 Å². The first kappa shape index (κ1) is 15.4. The Bertz CT molecular complexity index is 555. The molecule has 1 unspecified atom stereocenters. The summed E-state index contributed by atoms with van der Waals surface area (Å²) in [6.07, 6.45) is -2.45. The lowest BCUT2D eigenvalue weighted by Crippen LogP contribution is -2.34. The summed E-state index contributed by atoms with van der Waals surface area (Å²) in [5, 5.41) is 11.6. The Labute approximate surface area is 120 Å². The minimum atomic E-state index is -4.54. The number of aromatic nitrogens is 1. The van der Waals surface area contributed by atoms with Crippen molar-refractivity contribution in [1.82, 2.24) is 4.98 Å². The molecule has 1 aromatic rings. The maximum Gasteiger partial charge on any atom is 0.433 e. The zero-order valence-electron chi connectivity index (χ0n) is 11.7. The number of nitrogens with zero attached hydrogens (tertiary/aromatic N) is 3. The van der Waals surface area contributed by atoms with Gasteiger partial charge in [0.2, 0.25) is 0 Å². The van der Waals surface area contributed by atoms with E-state index in [0.717, 1.165) is 18.9 Å². The van der Waals surface area contributed by atoms with Crippen LogP contribution in [0.5, 0.6) is 0 Å². The van der Waals surface area contributed by atoms with Crippen LogP contribution in [0.4, 0.5) is 19.0 Å². The molecule has 1 fully saturated rings. The van der Waals surface area contributed by atoms with Crippen molar-refractivity contribution >= 4 is 11.7 Å². The highest BCUT2D eigenvalue weighted by Gasteiger charge is 2.36. The fourth-order valence-corrected chi connectivity index (χ4v) is 2.22. The summed E-state index contributed by atoms with van der Waals surface area (Å²) in [4.78, 5) is 5.33. The highest BCUT2D eigenvalue weighted by molar-refractivity contribution is 6.01. The molecule has 21 heavy (non-hydrogen) atoms. The summed E-state index contributed by atoms with van der Waals surface area (Å²) in [7, 11) is 1.67. The van der Waals surface area contributed by atoms with Crippen LogP contribution in [0, 0.1) is 5.92 Å². The smallest absolute Gasteiger partial charge is 0.409 e. The molecule has 1 heterocycles. The molecule has 0 bridgehead atoms. The number of rotatable bonds is 4. The number of nitrogens with two attached hydrogens (primary N) is 1. The molecule has 1 aliphatic rings. The van der Waals surface area contributed by atoms with Crippen LogP contribution in [0.15, 0.2) is 17.3 Å². The summed E-state index contributed by atoms with van der Waals surface area (Å²) in [6, 6.07) is 2.04. The number of amidine groups is 1. The molecule has 0 aromatic carbocycles. The van der Waals surface area contributed by atoms with Crippen LogP contribution in [-0.2, 0) is 6.18 Å². The van der Waals surface area contributed by atoms with Crippen LogP contribution >= 0.6 is 0 Å². The molecule has 0 aliphatic heterocycles. The Morgan fingerprint density at radius 1 is 1.48 bits per heavy atom. The van der Waals surface area contributed by atoms with Crippen molar-refractivity contribution in [1.29, 1.82) is 0 Å². The van der Waals surface area contributed by atoms with E-state index in [1.807, 2.05) is 6.92 Å². The van der Waals surface area contributed by atoms with Gasteiger partial charge in [-0.25, -0.2) is 4.98 Å². The zero-order chi connectivity index (χ0) is 15.8. The van der Waals surface area contributed by atoms with Gasteiger partial charge in [0, 0.05) is 13.1 Å². The fourth-order valence-electron chi connectivity index (χ4n) is 2.22. The fraction of sp³-hybridized carbons (Fsp3) is 0.538. The molecule has 116 valence electrons. The minimum Gasteiger partial charge on any atom is -0.409 e. The van der Waals surface area contributed by atoms with E-state index in [9.17, 15) is 13.2 Å². The van der Waals surface area contributed by atoms with Gasteiger partial charge in [-0.3, -0.25) is 0 Å². The largest absolute Gasteiger partial charge is 0.433 e. The van der Waals surface area contributed by atoms with E-state index < -0.39 is 11.9 Å². The van der Waals surface area contributed by atoms with Gasteiger partial charge in [-0.15, -0.1) is 0 Å². The topological polar surface area (TPSA) is 74.7 Å². The quantitative estimate of drug-likeness (QED) is 0.388. The zero-order valence-corrected chi connectivity index (χ0v) is 11.7. The van der Waals surface area contributed by atoms with Crippen molar-refractivity contribution < 1.29 is 18.4 Å². The highest BCUT2D eigenvalue weighted by Crippen LogP contribution is 2.37. The normalized spacial score (nSPS) is 17.7. The maximum atomic E-state index is 12.8. The molecule has 1 atom stereocenters. The standard InChI is InChI=1S/C13H17F3N4O/c1-7(8-3-4-8)20(2)12-9(11(17)19-21)5-6-10(18-12)13(14,15)16/h5-8,21H,3-4H2,1-2H3,(H2,17,19). The van der Waals surface area contributed by atoms with E-state index in [0.29, 0.717) is 5.92 Å². The van der Waals surface area contributed by atoms with Crippen molar-refractivity contribution in [3.8, 4) is 0 Å². The first-order valence-corrected chi connectivity index (χ1v) is 6.54. The predicted molar refractivity (Wildman–Crippen MR) is 72.3 cm³/mol. The van der Waals surface area contributed by atoms with Gasteiger partial charge in [0.05, 0.1) is 5.56 Å². The number of hydrogen-bond acceptors (Lipinski definition) is 4. The van der Waals surface area contributed by atoms with Crippen LogP contribution < -0.4 is 10.6 Å². The van der Waals surface area contributed by atoms with Crippen LogP contribution in [0.25, 0.3) is 0 Å².